The first kappa shape index (κ1) is 13.8. The molecular formula is C16H23N3S. The fraction of sp³-hybridized carbons (Fsp3) is 0.562. The number of aryl methyl sites for hydroxylation is 2. The van der Waals surface area contributed by atoms with Crippen LogP contribution in [0, 0.1) is 0 Å². The van der Waals surface area contributed by atoms with Crippen LogP contribution in [0.3, 0.4) is 0 Å². The Balaban J connectivity index is 1.93. The number of aromatic nitrogens is 2. The van der Waals surface area contributed by atoms with Gasteiger partial charge in [-0.1, -0.05) is 6.92 Å². The predicted octanol–water partition coefficient (Wildman–Crippen LogP) is 3.74. The van der Waals surface area contributed by atoms with Crippen LogP contribution in [0.5, 0.6) is 0 Å². The van der Waals surface area contributed by atoms with Gasteiger partial charge in [0.15, 0.2) is 0 Å². The maximum Gasteiger partial charge on any atom is 0.0559 e. The molecule has 1 N–H and O–H groups in total. The van der Waals surface area contributed by atoms with Crippen molar-refractivity contribution >= 4 is 11.3 Å². The second-order valence-corrected chi connectivity index (χ2v) is 6.54. The Morgan fingerprint density at radius 1 is 1.50 bits per heavy atom. The molecule has 0 saturated heterocycles. The normalized spacial score (nSPS) is 19.8. The second-order valence-electron chi connectivity index (χ2n) is 5.54. The zero-order valence-corrected chi connectivity index (χ0v) is 13.1. The monoisotopic (exact) mass is 289 g/mol. The summed E-state index contributed by atoms with van der Waals surface area (Å²) in [5, 5.41) is 10.3. The zero-order valence-electron chi connectivity index (χ0n) is 12.3. The van der Waals surface area contributed by atoms with E-state index in [9.17, 15) is 0 Å². The minimum Gasteiger partial charge on any atom is -0.311 e. The van der Waals surface area contributed by atoms with E-state index in [0.29, 0.717) is 12.0 Å². The van der Waals surface area contributed by atoms with Gasteiger partial charge in [0.1, 0.15) is 0 Å². The number of nitrogens with one attached hydrogen (secondary N) is 1. The highest BCUT2D eigenvalue weighted by atomic mass is 32.1. The lowest BCUT2D eigenvalue weighted by atomic mass is 9.81. The Hall–Kier alpha value is -1.13. The van der Waals surface area contributed by atoms with Crippen molar-refractivity contribution in [1.29, 1.82) is 0 Å². The Labute approximate surface area is 125 Å². The molecule has 2 aromatic heterocycles. The molecule has 2 unspecified atom stereocenters. The van der Waals surface area contributed by atoms with Gasteiger partial charge in [0, 0.05) is 23.5 Å². The molecule has 2 aromatic rings. The maximum atomic E-state index is 4.49. The summed E-state index contributed by atoms with van der Waals surface area (Å²) in [6.45, 7) is 3.21. The van der Waals surface area contributed by atoms with Gasteiger partial charge >= 0.3 is 0 Å². The highest BCUT2D eigenvalue weighted by molar-refractivity contribution is 7.10. The largest absolute Gasteiger partial charge is 0.311 e. The summed E-state index contributed by atoms with van der Waals surface area (Å²) in [6, 6.07) is 4.88. The molecule has 0 aliphatic heterocycles. The van der Waals surface area contributed by atoms with Crippen LogP contribution < -0.4 is 5.32 Å². The van der Waals surface area contributed by atoms with E-state index >= 15 is 0 Å². The third-order valence-corrected chi connectivity index (χ3v) is 5.31. The van der Waals surface area contributed by atoms with Gasteiger partial charge in [-0.05, 0) is 55.8 Å². The molecule has 2 atom stereocenters. The summed E-state index contributed by atoms with van der Waals surface area (Å²) < 4.78 is 2.17. The van der Waals surface area contributed by atoms with Crippen molar-refractivity contribution in [1.82, 2.24) is 15.1 Å². The van der Waals surface area contributed by atoms with Gasteiger partial charge in [0.25, 0.3) is 0 Å². The van der Waals surface area contributed by atoms with E-state index in [2.05, 4.69) is 46.6 Å². The quantitative estimate of drug-likeness (QED) is 0.909. The van der Waals surface area contributed by atoms with Gasteiger partial charge < -0.3 is 5.32 Å². The topological polar surface area (TPSA) is 29.9 Å². The molecule has 0 fully saturated rings. The molecule has 2 heterocycles. The smallest absolute Gasteiger partial charge is 0.0559 e. The van der Waals surface area contributed by atoms with Crippen molar-refractivity contribution in [2.45, 2.75) is 51.1 Å². The average Bonchev–Trinajstić information content (AvgIpc) is 3.10. The zero-order chi connectivity index (χ0) is 13.9. The summed E-state index contributed by atoms with van der Waals surface area (Å²) in [4.78, 5) is 1.59. The van der Waals surface area contributed by atoms with E-state index in [1.54, 1.807) is 10.4 Å². The molecule has 0 spiro atoms. The fourth-order valence-corrected chi connectivity index (χ4v) is 4.43. The van der Waals surface area contributed by atoms with Gasteiger partial charge in [0.2, 0.25) is 0 Å². The Bertz CT molecular complexity index is 558. The van der Waals surface area contributed by atoms with E-state index in [4.69, 9.17) is 0 Å². The van der Waals surface area contributed by atoms with Gasteiger partial charge in [-0.25, -0.2) is 0 Å². The standard InChI is InChI=1S/C16H23N3S/c1-3-10-19-14(7-9-18-19)16(17-2)13-5-4-6-15-12(13)8-11-20-15/h7-9,11,13,16-17H,3-6,10H2,1-2H3. The van der Waals surface area contributed by atoms with Gasteiger partial charge in [-0.15, -0.1) is 11.3 Å². The minimum atomic E-state index is 0.373. The third-order valence-electron chi connectivity index (χ3n) is 4.32. The number of nitrogens with zero attached hydrogens (tertiary/aromatic N) is 2. The molecule has 0 bridgehead atoms. The van der Waals surface area contributed by atoms with Crippen LogP contribution in [0.2, 0.25) is 0 Å². The van der Waals surface area contributed by atoms with Crippen LogP contribution in [0.25, 0.3) is 0 Å². The van der Waals surface area contributed by atoms with E-state index in [1.165, 1.54) is 25.0 Å². The van der Waals surface area contributed by atoms with Gasteiger partial charge in [-0.2, -0.15) is 5.10 Å². The number of thiophene rings is 1. The van der Waals surface area contributed by atoms with Crippen LogP contribution in [0.1, 0.15) is 54.3 Å². The maximum absolute atomic E-state index is 4.49. The summed E-state index contributed by atoms with van der Waals surface area (Å²) in [6.07, 6.45) is 6.89. The molecule has 1 aliphatic rings. The molecule has 108 valence electrons. The van der Waals surface area contributed by atoms with Crippen LogP contribution in [-0.4, -0.2) is 16.8 Å². The lowest BCUT2D eigenvalue weighted by Crippen LogP contribution is -2.28. The molecule has 20 heavy (non-hydrogen) atoms. The number of likely N-dealkylation sites (N-methyl/N-ethyl adjacent to an activating group) is 1. The molecule has 0 saturated carbocycles. The molecular weight excluding hydrogens is 266 g/mol. The first-order valence-electron chi connectivity index (χ1n) is 7.60. The Morgan fingerprint density at radius 3 is 3.20 bits per heavy atom. The third kappa shape index (κ3) is 2.42. The van der Waals surface area contributed by atoms with Gasteiger partial charge in [0.05, 0.1) is 11.7 Å². The van der Waals surface area contributed by atoms with Crippen molar-refractivity contribution in [3.63, 3.8) is 0 Å². The van der Waals surface area contributed by atoms with Gasteiger partial charge in [-0.3, -0.25) is 4.68 Å². The fourth-order valence-electron chi connectivity index (χ4n) is 3.43. The first-order valence-corrected chi connectivity index (χ1v) is 8.48. The van der Waals surface area contributed by atoms with Crippen LogP contribution >= 0.6 is 11.3 Å². The van der Waals surface area contributed by atoms with Crippen molar-refractivity contribution in [2.24, 2.45) is 0 Å². The number of hydrogen-bond acceptors (Lipinski definition) is 3. The molecule has 4 heteroatoms. The molecule has 0 radical (unpaired) electrons. The molecule has 0 amide bonds. The van der Waals surface area contributed by atoms with Crippen molar-refractivity contribution in [2.75, 3.05) is 7.05 Å². The van der Waals surface area contributed by atoms with E-state index in [1.807, 2.05) is 17.5 Å². The Kier molecular flexibility index (Phi) is 4.22. The highest BCUT2D eigenvalue weighted by Crippen LogP contribution is 2.42. The van der Waals surface area contributed by atoms with Crippen LogP contribution in [-0.2, 0) is 13.0 Å². The summed E-state index contributed by atoms with van der Waals surface area (Å²) in [5.74, 6) is 0.585. The summed E-state index contributed by atoms with van der Waals surface area (Å²) >= 11 is 1.92. The number of fused-ring (bicyclic) bond motifs is 1. The number of hydrogen-bond donors (Lipinski definition) is 1. The average molecular weight is 289 g/mol. The summed E-state index contributed by atoms with van der Waals surface area (Å²) in [7, 11) is 2.08. The van der Waals surface area contributed by atoms with E-state index in [0.717, 1.165) is 13.0 Å². The first-order chi connectivity index (χ1) is 9.85. The van der Waals surface area contributed by atoms with Crippen molar-refractivity contribution < 1.29 is 0 Å². The predicted molar refractivity (Wildman–Crippen MR) is 84.3 cm³/mol. The molecule has 1 aliphatic carbocycles. The molecule has 3 rings (SSSR count). The Morgan fingerprint density at radius 2 is 2.40 bits per heavy atom. The summed E-state index contributed by atoms with van der Waals surface area (Å²) in [5.41, 5.74) is 2.89. The minimum absolute atomic E-state index is 0.373. The second kappa shape index (κ2) is 6.10. The highest BCUT2D eigenvalue weighted by Gasteiger charge is 2.30. The van der Waals surface area contributed by atoms with Crippen molar-refractivity contribution in [3.05, 3.63) is 39.8 Å². The molecule has 0 aromatic carbocycles. The van der Waals surface area contributed by atoms with Crippen LogP contribution in [0.15, 0.2) is 23.7 Å². The molecule has 3 nitrogen and oxygen atoms in total. The van der Waals surface area contributed by atoms with E-state index < -0.39 is 0 Å². The SMILES string of the molecule is CCCn1nccc1C(NC)C1CCCc2sccc21. The van der Waals surface area contributed by atoms with Crippen molar-refractivity contribution in [3.8, 4) is 0 Å². The van der Waals surface area contributed by atoms with E-state index in [-0.39, 0.29) is 0 Å². The number of rotatable bonds is 5. The van der Waals surface area contributed by atoms with Crippen LogP contribution in [0.4, 0.5) is 0 Å². The lowest BCUT2D eigenvalue weighted by Gasteiger charge is -2.31. The lowest BCUT2D eigenvalue weighted by molar-refractivity contribution is 0.398.